The van der Waals surface area contributed by atoms with Crippen LogP contribution in [0.1, 0.15) is 38.2 Å². The summed E-state index contributed by atoms with van der Waals surface area (Å²) in [5, 5.41) is 21.0. The number of sulfonamides is 1. The first-order valence-electron chi connectivity index (χ1n) is 10.0. The summed E-state index contributed by atoms with van der Waals surface area (Å²) in [6.45, 7) is 3.80. The van der Waals surface area contributed by atoms with Gasteiger partial charge in [0, 0.05) is 25.3 Å². The number of aliphatic hydroxyl groups excluding tert-OH is 1. The van der Waals surface area contributed by atoms with E-state index in [9.17, 15) is 18.8 Å². The molecule has 1 aliphatic rings. The molecule has 2 N–H and O–H groups in total. The first-order valence-corrected chi connectivity index (χ1v) is 11.5. The van der Waals surface area contributed by atoms with E-state index in [-0.39, 0.29) is 11.4 Å². The number of hydrogen-bond acceptors (Lipinski definition) is 5. The predicted molar refractivity (Wildman–Crippen MR) is 117 cm³/mol. The van der Waals surface area contributed by atoms with Gasteiger partial charge < -0.3 is 10.0 Å². The topological polar surface area (TPSA) is 93.4 Å². The third kappa shape index (κ3) is 5.36. The van der Waals surface area contributed by atoms with Gasteiger partial charge in [-0.05, 0) is 66.3 Å². The van der Waals surface area contributed by atoms with Crippen molar-refractivity contribution in [2.45, 2.75) is 38.7 Å². The van der Waals surface area contributed by atoms with Crippen LogP contribution in [0.5, 0.6) is 0 Å². The summed E-state index contributed by atoms with van der Waals surface area (Å²) in [5.41, 5.74) is 1.85. The summed E-state index contributed by atoms with van der Waals surface area (Å²) in [6.07, 6.45) is 4.74. The number of rotatable bonds is 7. The Morgan fingerprint density at radius 1 is 1.21 bits per heavy atom. The SMILES string of the molecule is CCC(O)CNS(=O)(=O)/C(C#N)=C/c1ccc2cc(N3CCCCC3)ccc2c1. The van der Waals surface area contributed by atoms with Gasteiger partial charge in [-0.15, -0.1) is 0 Å². The van der Waals surface area contributed by atoms with Gasteiger partial charge in [0.25, 0.3) is 10.0 Å². The van der Waals surface area contributed by atoms with Crippen molar-refractivity contribution >= 4 is 32.6 Å². The van der Waals surface area contributed by atoms with E-state index < -0.39 is 16.1 Å². The van der Waals surface area contributed by atoms with E-state index in [1.54, 1.807) is 13.0 Å². The molecule has 1 heterocycles. The number of hydrogen-bond donors (Lipinski definition) is 2. The molecule has 3 rings (SSSR count). The van der Waals surface area contributed by atoms with E-state index in [0.29, 0.717) is 12.0 Å². The Kier molecular flexibility index (Phi) is 6.91. The minimum absolute atomic E-state index is 0.116. The summed E-state index contributed by atoms with van der Waals surface area (Å²) in [7, 11) is -3.97. The van der Waals surface area contributed by atoms with Gasteiger partial charge in [-0.2, -0.15) is 5.26 Å². The lowest BCUT2D eigenvalue weighted by Gasteiger charge is -2.29. The average molecular weight is 414 g/mol. The normalized spacial score (nSPS) is 16.6. The molecule has 0 amide bonds. The highest BCUT2D eigenvalue weighted by Crippen LogP contribution is 2.26. The Morgan fingerprint density at radius 2 is 1.90 bits per heavy atom. The van der Waals surface area contributed by atoms with Crippen LogP contribution in [0.4, 0.5) is 5.69 Å². The molecule has 1 saturated heterocycles. The van der Waals surface area contributed by atoms with Crippen molar-refractivity contribution in [3.63, 3.8) is 0 Å². The van der Waals surface area contributed by atoms with Crippen molar-refractivity contribution in [3.05, 3.63) is 46.9 Å². The fourth-order valence-electron chi connectivity index (χ4n) is 3.44. The highest BCUT2D eigenvalue weighted by molar-refractivity contribution is 7.93. The summed E-state index contributed by atoms with van der Waals surface area (Å²) < 4.78 is 27.0. The molecule has 1 unspecified atom stereocenters. The maximum atomic E-state index is 12.4. The zero-order valence-corrected chi connectivity index (χ0v) is 17.5. The molecular formula is C22H27N3O3S. The molecule has 0 saturated carbocycles. The maximum absolute atomic E-state index is 12.4. The van der Waals surface area contributed by atoms with Gasteiger partial charge in [0.1, 0.15) is 6.07 Å². The second-order valence-corrected chi connectivity index (χ2v) is 9.11. The molecule has 0 aliphatic carbocycles. The molecule has 1 aliphatic heterocycles. The molecule has 0 radical (unpaired) electrons. The number of fused-ring (bicyclic) bond motifs is 1. The molecule has 6 nitrogen and oxygen atoms in total. The first kappa shape index (κ1) is 21.3. The lowest BCUT2D eigenvalue weighted by atomic mass is 10.0. The Bertz CT molecular complexity index is 1030. The number of anilines is 1. The molecule has 29 heavy (non-hydrogen) atoms. The van der Waals surface area contributed by atoms with Crippen LogP contribution in [0.25, 0.3) is 16.8 Å². The standard InChI is InChI=1S/C22H27N3O3S/c1-2-21(26)16-24-29(27,28)22(15-23)13-17-6-7-19-14-20(9-8-18(19)12-17)25-10-4-3-5-11-25/h6-9,12-14,21,24,26H,2-5,10-11,16H2,1H3/b22-13+. The van der Waals surface area contributed by atoms with Gasteiger partial charge in [-0.25, -0.2) is 13.1 Å². The molecule has 0 aromatic heterocycles. The fraction of sp³-hybridized carbons (Fsp3) is 0.409. The smallest absolute Gasteiger partial charge is 0.250 e. The number of nitrogens with one attached hydrogen (secondary N) is 1. The van der Waals surface area contributed by atoms with Crippen LogP contribution in [-0.4, -0.2) is 39.3 Å². The highest BCUT2D eigenvalue weighted by atomic mass is 32.2. The number of aliphatic hydroxyl groups is 1. The molecule has 154 valence electrons. The van der Waals surface area contributed by atoms with Crippen LogP contribution in [-0.2, 0) is 10.0 Å². The Morgan fingerprint density at radius 3 is 2.59 bits per heavy atom. The molecule has 2 aromatic carbocycles. The van der Waals surface area contributed by atoms with Gasteiger partial charge in [0.2, 0.25) is 0 Å². The number of allylic oxidation sites excluding steroid dienone is 1. The van der Waals surface area contributed by atoms with Crippen LogP contribution in [0.2, 0.25) is 0 Å². The summed E-state index contributed by atoms with van der Waals surface area (Å²) in [5.74, 6) is 0. The Labute approximate surface area is 172 Å². The molecule has 7 heteroatoms. The minimum atomic E-state index is -3.97. The fourth-order valence-corrected chi connectivity index (χ4v) is 4.42. The largest absolute Gasteiger partial charge is 0.392 e. The molecule has 1 atom stereocenters. The number of nitrogens with zero attached hydrogens (tertiary/aromatic N) is 2. The Balaban J connectivity index is 1.84. The van der Waals surface area contributed by atoms with Gasteiger partial charge in [-0.3, -0.25) is 0 Å². The van der Waals surface area contributed by atoms with Gasteiger partial charge in [0.15, 0.2) is 4.91 Å². The van der Waals surface area contributed by atoms with E-state index in [1.807, 2.05) is 24.3 Å². The van der Waals surface area contributed by atoms with Crippen molar-refractivity contribution in [3.8, 4) is 6.07 Å². The van der Waals surface area contributed by atoms with Crippen molar-refractivity contribution in [1.29, 1.82) is 5.26 Å². The van der Waals surface area contributed by atoms with E-state index >= 15 is 0 Å². The molecular weight excluding hydrogens is 386 g/mol. The zero-order chi connectivity index (χ0) is 20.9. The second kappa shape index (κ2) is 9.40. The lowest BCUT2D eigenvalue weighted by molar-refractivity contribution is 0.174. The van der Waals surface area contributed by atoms with E-state index in [1.165, 1.54) is 31.0 Å². The van der Waals surface area contributed by atoms with E-state index in [4.69, 9.17) is 0 Å². The first-order chi connectivity index (χ1) is 13.9. The molecule has 0 spiro atoms. The number of nitriles is 1. The van der Waals surface area contributed by atoms with Crippen molar-refractivity contribution in [1.82, 2.24) is 4.72 Å². The van der Waals surface area contributed by atoms with Crippen molar-refractivity contribution in [2.24, 2.45) is 0 Å². The monoisotopic (exact) mass is 413 g/mol. The quantitative estimate of drug-likeness (QED) is 0.679. The third-order valence-electron chi connectivity index (χ3n) is 5.25. The van der Waals surface area contributed by atoms with Crippen LogP contribution in [0, 0.1) is 11.3 Å². The van der Waals surface area contributed by atoms with Crippen molar-refractivity contribution < 1.29 is 13.5 Å². The zero-order valence-electron chi connectivity index (χ0n) is 16.6. The molecule has 1 fully saturated rings. The lowest BCUT2D eigenvalue weighted by Crippen LogP contribution is -2.32. The van der Waals surface area contributed by atoms with Gasteiger partial charge in [-0.1, -0.05) is 25.1 Å². The van der Waals surface area contributed by atoms with E-state index in [2.05, 4.69) is 21.8 Å². The van der Waals surface area contributed by atoms with Gasteiger partial charge in [0.05, 0.1) is 6.10 Å². The third-order valence-corrected chi connectivity index (χ3v) is 6.58. The summed E-state index contributed by atoms with van der Waals surface area (Å²) in [4.78, 5) is 2.03. The Hall–Kier alpha value is -2.40. The van der Waals surface area contributed by atoms with Crippen LogP contribution < -0.4 is 9.62 Å². The summed E-state index contributed by atoms with van der Waals surface area (Å²) >= 11 is 0. The minimum Gasteiger partial charge on any atom is -0.392 e. The van der Waals surface area contributed by atoms with Crippen LogP contribution in [0.15, 0.2) is 41.3 Å². The van der Waals surface area contributed by atoms with E-state index in [0.717, 1.165) is 23.9 Å². The van der Waals surface area contributed by atoms with Crippen LogP contribution >= 0.6 is 0 Å². The molecule has 0 bridgehead atoms. The second-order valence-electron chi connectivity index (χ2n) is 7.37. The number of piperidine rings is 1. The summed E-state index contributed by atoms with van der Waals surface area (Å²) in [6, 6.07) is 13.7. The highest BCUT2D eigenvalue weighted by Gasteiger charge is 2.18. The average Bonchev–Trinajstić information content (AvgIpc) is 2.75. The van der Waals surface area contributed by atoms with Gasteiger partial charge >= 0.3 is 0 Å². The number of benzene rings is 2. The maximum Gasteiger partial charge on any atom is 0.250 e. The van der Waals surface area contributed by atoms with Crippen LogP contribution in [0.3, 0.4) is 0 Å². The van der Waals surface area contributed by atoms with Crippen molar-refractivity contribution in [2.75, 3.05) is 24.5 Å². The predicted octanol–water partition coefficient (Wildman–Crippen LogP) is 3.38. The molecule has 2 aromatic rings.